The standard InChI is InChI=1S/C20H26N6S.HI/c1-16-5-7-17(8-6-16)19-25-18(15-27-19)9-12-23-20(21-2)22-10-3-13-26-14-4-11-24-26;/h4-8,11,14-15H,3,9-10,12-13H2,1-2H3,(H2,21,22,23);1H. The molecule has 8 heteroatoms. The van der Waals surface area contributed by atoms with Crippen molar-refractivity contribution in [3.8, 4) is 10.6 Å². The highest BCUT2D eigenvalue weighted by molar-refractivity contribution is 14.0. The molecular weight excluding hydrogens is 483 g/mol. The number of aliphatic imine (C=N–C) groups is 1. The second-order valence-electron chi connectivity index (χ2n) is 6.31. The molecular formula is C20H27IN6S. The minimum absolute atomic E-state index is 0. The Morgan fingerprint density at radius 2 is 1.96 bits per heavy atom. The molecule has 3 rings (SSSR count). The summed E-state index contributed by atoms with van der Waals surface area (Å²) in [7, 11) is 1.79. The quantitative estimate of drug-likeness (QED) is 0.210. The van der Waals surface area contributed by atoms with Gasteiger partial charge in [0.25, 0.3) is 0 Å². The number of hydrogen-bond donors (Lipinski definition) is 2. The second-order valence-corrected chi connectivity index (χ2v) is 7.17. The summed E-state index contributed by atoms with van der Waals surface area (Å²) >= 11 is 1.70. The van der Waals surface area contributed by atoms with Gasteiger partial charge in [0.15, 0.2) is 5.96 Å². The maximum Gasteiger partial charge on any atom is 0.190 e. The molecule has 3 aromatic rings. The summed E-state index contributed by atoms with van der Waals surface area (Å²) in [6.45, 7) is 4.66. The third kappa shape index (κ3) is 6.90. The first kappa shape index (κ1) is 22.4. The SMILES string of the molecule is CN=C(NCCCn1cccn1)NCCc1csc(-c2ccc(C)cc2)n1.I. The van der Waals surface area contributed by atoms with Crippen molar-refractivity contribution in [3.05, 3.63) is 59.4 Å². The smallest absolute Gasteiger partial charge is 0.190 e. The lowest BCUT2D eigenvalue weighted by Gasteiger charge is -2.11. The van der Waals surface area contributed by atoms with Crippen LogP contribution in [0.5, 0.6) is 0 Å². The van der Waals surface area contributed by atoms with Crippen molar-refractivity contribution in [3.63, 3.8) is 0 Å². The molecule has 0 fully saturated rings. The van der Waals surface area contributed by atoms with Crippen molar-refractivity contribution in [2.24, 2.45) is 4.99 Å². The van der Waals surface area contributed by atoms with Crippen LogP contribution in [0.25, 0.3) is 10.6 Å². The molecule has 1 aromatic carbocycles. The van der Waals surface area contributed by atoms with E-state index in [1.165, 1.54) is 11.1 Å². The Bertz CT molecular complexity index is 842. The Balaban J connectivity index is 0.00000280. The zero-order valence-corrected chi connectivity index (χ0v) is 19.4. The molecule has 28 heavy (non-hydrogen) atoms. The molecule has 0 saturated heterocycles. The fourth-order valence-electron chi connectivity index (χ4n) is 2.66. The van der Waals surface area contributed by atoms with E-state index in [1.54, 1.807) is 24.6 Å². The number of aromatic nitrogens is 3. The van der Waals surface area contributed by atoms with Crippen LogP contribution in [0.15, 0.2) is 53.1 Å². The molecule has 0 radical (unpaired) electrons. The predicted molar refractivity (Wildman–Crippen MR) is 128 cm³/mol. The van der Waals surface area contributed by atoms with Crippen LogP contribution in [-0.2, 0) is 13.0 Å². The maximum absolute atomic E-state index is 4.75. The molecule has 2 heterocycles. The third-order valence-electron chi connectivity index (χ3n) is 4.16. The molecule has 0 saturated carbocycles. The van der Waals surface area contributed by atoms with Gasteiger partial charge in [-0.1, -0.05) is 29.8 Å². The average Bonchev–Trinajstić information content (AvgIpc) is 3.36. The Morgan fingerprint density at radius 3 is 2.68 bits per heavy atom. The molecule has 0 spiro atoms. The van der Waals surface area contributed by atoms with E-state index < -0.39 is 0 Å². The Hall–Kier alpha value is -1.94. The molecule has 150 valence electrons. The fraction of sp³-hybridized carbons (Fsp3) is 0.350. The van der Waals surface area contributed by atoms with E-state index in [-0.39, 0.29) is 24.0 Å². The zero-order valence-electron chi connectivity index (χ0n) is 16.3. The van der Waals surface area contributed by atoms with Gasteiger partial charge in [-0.15, -0.1) is 35.3 Å². The summed E-state index contributed by atoms with van der Waals surface area (Å²) < 4.78 is 1.94. The molecule has 0 bridgehead atoms. The van der Waals surface area contributed by atoms with E-state index in [4.69, 9.17) is 4.98 Å². The van der Waals surface area contributed by atoms with E-state index in [1.807, 2.05) is 16.9 Å². The van der Waals surface area contributed by atoms with Crippen LogP contribution in [0, 0.1) is 6.92 Å². The van der Waals surface area contributed by atoms with E-state index in [0.717, 1.165) is 49.1 Å². The van der Waals surface area contributed by atoms with Crippen molar-refractivity contribution in [1.29, 1.82) is 0 Å². The number of thiazole rings is 1. The zero-order chi connectivity index (χ0) is 18.9. The Morgan fingerprint density at radius 1 is 1.18 bits per heavy atom. The molecule has 0 aliphatic heterocycles. The summed E-state index contributed by atoms with van der Waals surface area (Å²) in [5.41, 5.74) is 3.56. The number of nitrogens with zero attached hydrogens (tertiary/aromatic N) is 4. The maximum atomic E-state index is 4.75. The normalized spacial score (nSPS) is 11.1. The van der Waals surface area contributed by atoms with Crippen LogP contribution >= 0.6 is 35.3 Å². The summed E-state index contributed by atoms with van der Waals surface area (Å²) in [6.07, 6.45) is 5.65. The molecule has 0 atom stereocenters. The van der Waals surface area contributed by atoms with Gasteiger partial charge in [0, 0.05) is 56.4 Å². The van der Waals surface area contributed by atoms with E-state index >= 15 is 0 Å². The molecule has 2 aromatic heterocycles. The van der Waals surface area contributed by atoms with Gasteiger partial charge in [0.1, 0.15) is 5.01 Å². The lowest BCUT2D eigenvalue weighted by atomic mass is 10.2. The van der Waals surface area contributed by atoms with Gasteiger partial charge in [0.2, 0.25) is 0 Å². The van der Waals surface area contributed by atoms with Crippen LogP contribution < -0.4 is 10.6 Å². The van der Waals surface area contributed by atoms with Crippen molar-refractivity contribution < 1.29 is 0 Å². The Kier molecular flexibility index (Phi) is 9.42. The van der Waals surface area contributed by atoms with E-state index in [0.29, 0.717) is 0 Å². The number of benzene rings is 1. The van der Waals surface area contributed by atoms with Crippen LogP contribution in [0.4, 0.5) is 0 Å². The largest absolute Gasteiger partial charge is 0.356 e. The second kappa shape index (κ2) is 11.8. The summed E-state index contributed by atoms with van der Waals surface area (Å²) in [5.74, 6) is 0.824. The van der Waals surface area contributed by atoms with Gasteiger partial charge in [-0.05, 0) is 19.4 Å². The minimum Gasteiger partial charge on any atom is -0.356 e. The highest BCUT2D eigenvalue weighted by atomic mass is 127. The number of nitrogens with one attached hydrogen (secondary N) is 2. The molecule has 2 N–H and O–H groups in total. The van der Waals surface area contributed by atoms with Crippen molar-refractivity contribution >= 4 is 41.3 Å². The van der Waals surface area contributed by atoms with Crippen LogP contribution in [0.1, 0.15) is 17.7 Å². The number of hydrogen-bond acceptors (Lipinski definition) is 4. The summed E-state index contributed by atoms with van der Waals surface area (Å²) in [4.78, 5) is 9.01. The van der Waals surface area contributed by atoms with Crippen LogP contribution in [-0.4, -0.2) is 40.9 Å². The Labute approximate surface area is 187 Å². The van der Waals surface area contributed by atoms with Crippen LogP contribution in [0.3, 0.4) is 0 Å². The van der Waals surface area contributed by atoms with E-state index in [2.05, 4.69) is 57.3 Å². The van der Waals surface area contributed by atoms with Crippen molar-refractivity contribution in [1.82, 2.24) is 25.4 Å². The predicted octanol–water partition coefficient (Wildman–Crippen LogP) is 3.73. The molecule has 0 aliphatic rings. The number of aryl methyl sites for hydroxylation is 2. The lowest BCUT2D eigenvalue weighted by Crippen LogP contribution is -2.39. The molecule has 0 aliphatic carbocycles. The topological polar surface area (TPSA) is 67.1 Å². The average molecular weight is 510 g/mol. The van der Waals surface area contributed by atoms with Crippen LogP contribution in [0.2, 0.25) is 0 Å². The first-order valence-electron chi connectivity index (χ1n) is 9.18. The first-order valence-corrected chi connectivity index (χ1v) is 10.1. The van der Waals surface area contributed by atoms with Gasteiger partial charge in [0.05, 0.1) is 5.69 Å². The minimum atomic E-state index is 0. The first-order chi connectivity index (χ1) is 13.2. The molecule has 0 unspecified atom stereocenters. The van der Waals surface area contributed by atoms with Gasteiger partial charge in [-0.2, -0.15) is 5.10 Å². The number of halogens is 1. The summed E-state index contributed by atoms with van der Waals surface area (Å²) in [6, 6.07) is 10.5. The lowest BCUT2D eigenvalue weighted by molar-refractivity contribution is 0.570. The monoisotopic (exact) mass is 510 g/mol. The van der Waals surface area contributed by atoms with Gasteiger partial charge >= 0.3 is 0 Å². The number of rotatable bonds is 8. The highest BCUT2D eigenvalue weighted by Gasteiger charge is 2.05. The van der Waals surface area contributed by atoms with Crippen molar-refractivity contribution in [2.75, 3.05) is 20.1 Å². The van der Waals surface area contributed by atoms with Gasteiger partial charge in [-0.3, -0.25) is 9.67 Å². The molecule has 6 nitrogen and oxygen atoms in total. The van der Waals surface area contributed by atoms with Crippen molar-refractivity contribution in [2.45, 2.75) is 26.3 Å². The van der Waals surface area contributed by atoms with Gasteiger partial charge in [-0.25, -0.2) is 4.98 Å². The molecule has 0 amide bonds. The fourth-order valence-corrected chi connectivity index (χ4v) is 3.52. The van der Waals surface area contributed by atoms with Gasteiger partial charge < -0.3 is 10.6 Å². The number of guanidine groups is 1. The third-order valence-corrected chi connectivity index (χ3v) is 5.10. The van der Waals surface area contributed by atoms with E-state index in [9.17, 15) is 0 Å². The summed E-state index contributed by atoms with van der Waals surface area (Å²) in [5, 5.41) is 14.1. The highest BCUT2D eigenvalue weighted by Crippen LogP contribution is 2.24.